The molecule has 0 aliphatic carbocycles. The summed E-state index contributed by atoms with van der Waals surface area (Å²) in [5.74, 6) is 1.20. The van der Waals surface area contributed by atoms with Crippen molar-refractivity contribution in [3.63, 3.8) is 0 Å². The van der Waals surface area contributed by atoms with E-state index in [4.69, 9.17) is 21.8 Å². The first-order valence-electron chi connectivity index (χ1n) is 6.48. The van der Waals surface area contributed by atoms with Crippen molar-refractivity contribution in [1.82, 2.24) is 9.97 Å². The summed E-state index contributed by atoms with van der Waals surface area (Å²) >= 11 is 5.99. The molecule has 1 aromatic carbocycles. The van der Waals surface area contributed by atoms with Gasteiger partial charge in [0.2, 0.25) is 0 Å². The molecule has 3 rings (SSSR count). The van der Waals surface area contributed by atoms with Crippen LogP contribution >= 0.6 is 11.6 Å². The SMILES string of the molecule is CCCc1c(N)ncnc1-c1cc2cc(Cl)ccc2o1. The lowest BCUT2D eigenvalue weighted by Gasteiger charge is -2.07. The van der Waals surface area contributed by atoms with E-state index >= 15 is 0 Å². The van der Waals surface area contributed by atoms with E-state index in [0.29, 0.717) is 16.6 Å². The van der Waals surface area contributed by atoms with Gasteiger partial charge in [0.25, 0.3) is 0 Å². The lowest BCUT2D eigenvalue weighted by molar-refractivity contribution is 0.627. The zero-order chi connectivity index (χ0) is 14.1. The zero-order valence-corrected chi connectivity index (χ0v) is 11.8. The zero-order valence-electron chi connectivity index (χ0n) is 11.1. The largest absolute Gasteiger partial charge is 0.454 e. The number of anilines is 1. The van der Waals surface area contributed by atoms with Crippen LogP contribution in [-0.4, -0.2) is 9.97 Å². The van der Waals surface area contributed by atoms with Crippen LogP contribution in [0.4, 0.5) is 5.82 Å². The molecule has 2 N–H and O–H groups in total. The van der Waals surface area contributed by atoms with Gasteiger partial charge in [-0.25, -0.2) is 9.97 Å². The fourth-order valence-corrected chi connectivity index (χ4v) is 2.45. The lowest BCUT2D eigenvalue weighted by atomic mass is 10.1. The fraction of sp³-hybridized carbons (Fsp3) is 0.200. The summed E-state index contributed by atoms with van der Waals surface area (Å²) in [5.41, 5.74) is 8.42. The molecule has 0 radical (unpaired) electrons. The van der Waals surface area contributed by atoms with Crippen molar-refractivity contribution in [3.8, 4) is 11.5 Å². The quantitative estimate of drug-likeness (QED) is 0.788. The number of nitrogen functional groups attached to an aromatic ring is 1. The molecule has 0 saturated heterocycles. The van der Waals surface area contributed by atoms with Crippen LogP contribution in [0.5, 0.6) is 0 Å². The van der Waals surface area contributed by atoms with Crippen molar-refractivity contribution in [2.45, 2.75) is 19.8 Å². The van der Waals surface area contributed by atoms with Crippen LogP contribution in [0.2, 0.25) is 5.02 Å². The van der Waals surface area contributed by atoms with E-state index in [1.807, 2.05) is 18.2 Å². The normalized spacial score (nSPS) is 11.1. The summed E-state index contributed by atoms with van der Waals surface area (Å²) in [6.07, 6.45) is 3.25. The van der Waals surface area contributed by atoms with Crippen LogP contribution in [0.15, 0.2) is 35.0 Å². The topological polar surface area (TPSA) is 64.9 Å². The number of rotatable bonds is 3. The fourth-order valence-electron chi connectivity index (χ4n) is 2.27. The van der Waals surface area contributed by atoms with Gasteiger partial charge in [-0.2, -0.15) is 0 Å². The molecule has 5 heteroatoms. The van der Waals surface area contributed by atoms with Crippen molar-refractivity contribution in [2.75, 3.05) is 5.73 Å². The number of halogens is 1. The van der Waals surface area contributed by atoms with Gasteiger partial charge in [-0.05, 0) is 30.7 Å². The van der Waals surface area contributed by atoms with Crippen molar-refractivity contribution < 1.29 is 4.42 Å². The maximum Gasteiger partial charge on any atom is 0.154 e. The molecule has 4 nitrogen and oxygen atoms in total. The van der Waals surface area contributed by atoms with Crippen molar-refractivity contribution in [2.24, 2.45) is 0 Å². The number of hydrogen-bond donors (Lipinski definition) is 1. The molecule has 2 heterocycles. The molecule has 102 valence electrons. The minimum Gasteiger partial charge on any atom is -0.454 e. The maximum atomic E-state index is 5.99. The number of furan rings is 1. The minimum atomic E-state index is 0.510. The molecule has 0 bridgehead atoms. The number of nitrogens with zero attached hydrogens (tertiary/aromatic N) is 2. The van der Waals surface area contributed by atoms with Gasteiger partial charge in [-0.15, -0.1) is 0 Å². The van der Waals surface area contributed by atoms with Crippen LogP contribution in [0.3, 0.4) is 0 Å². The van der Waals surface area contributed by atoms with Gasteiger partial charge in [0.05, 0.1) is 0 Å². The summed E-state index contributed by atoms with van der Waals surface area (Å²) in [7, 11) is 0. The average molecular weight is 288 g/mol. The molecule has 20 heavy (non-hydrogen) atoms. The van der Waals surface area contributed by atoms with Gasteiger partial charge in [0, 0.05) is 16.0 Å². The molecule has 0 aliphatic rings. The summed E-state index contributed by atoms with van der Waals surface area (Å²) in [5, 5.41) is 1.63. The third kappa shape index (κ3) is 2.23. The molecule has 0 aliphatic heterocycles. The number of hydrogen-bond acceptors (Lipinski definition) is 4. The Kier molecular flexibility index (Phi) is 3.32. The molecule has 0 atom stereocenters. The Bertz CT molecular complexity index is 767. The monoisotopic (exact) mass is 287 g/mol. The Morgan fingerprint density at radius 3 is 2.90 bits per heavy atom. The summed E-state index contributed by atoms with van der Waals surface area (Å²) in [4.78, 5) is 8.38. The maximum absolute atomic E-state index is 5.99. The van der Waals surface area contributed by atoms with E-state index < -0.39 is 0 Å². The highest BCUT2D eigenvalue weighted by Gasteiger charge is 2.14. The molecular weight excluding hydrogens is 274 g/mol. The van der Waals surface area contributed by atoms with Crippen LogP contribution in [0, 0.1) is 0 Å². The molecule has 2 aromatic heterocycles. The Balaban J connectivity index is 2.17. The second kappa shape index (κ2) is 5.13. The van der Waals surface area contributed by atoms with Crippen LogP contribution in [0.25, 0.3) is 22.4 Å². The van der Waals surface area contributed by atoms with Gasteiger partial charge >= 0.3 is 0 Å². The summed E-state index contributed by atoms with van der Waals surface area (Å²) in [6.45, 7) is 2.09. The average Bonchev–Trinajstić information content (AvgIpc) is 2.84. The van der Waals surface area contributed by atoms with Crippen molar-refractivity contribution in [3.05, 3.63) is 41.2 Å². The summed E-state index contributed by atoms with van der Waals surface area (Å²) in [6, 6.07) is 7.46. The van der Waals surface area contributed by atoms with Gasteiger partial charge < -0.3 is 10.2 Å². The first-order chi connectivity index (χ1) is 9.69. The number of aromatic nitrogens is 2. The van der Waals surface area contributed by atoms with E-state index in [0.717, 1.165) is 35.1 Å². The second-order valence-electron chi connectivity index (χ2n) is 4.63. The number of fused-ring (bicyclic) bond motifs is 1. The Morgan fingerprint density at radius 2 is 2.10 bits per heavy atom. The number of nitrogens with two attached hydrogens (primary N) is 1. The smallest absolute Gasteiger partial charge is 0.154 e. The van der Waals surface area contributed by atoms with Gasteiger partial charge in [-0.1, -0.05) is 24.9 Å². The van der Waals surface area contributed by atoms with Gasteiger partial charge in [-0.3, -0.25) is 0 Å². The van der Waals surface area contributed by atoms with E-state index in [9.17, 15) is 0 Å². The highest BCUT2D eigenvalue weighted by atomic mass is 35.5. The standard InChI is InChI=1S/C15H14ClN3O/c1-2-3-11-14(18-8-19-15(11)17)13-7-9-6-10(16)4-5-12(9)20-13/h4-8H,2-3H2,1H3,(H2,17,18,19). The Morgan fingerprint density at radius 1 is 1.25 bits per heavy atom. The van der Waals surface area contributed by atoms with Crippen molar-refractivity contribution in [1.29, 1.82) is 0 Å². The highest BCUT2D eigenvalue weighted by Crippen LogP contribution is 2.31. The Hall–Kier alpha value is -2.07. The molecule has 3 aromatic rings. The molecule has 0 fully saturated rings. The van der Waals surface area contributed by atoms with E-state index in [2.05, 4.69) is 16.9 Å². The van der Waals surface area contributed by atoms with Crippen LogP contribution < -0.4 is 5.73 Å². The van der Waals surface area contributed by atoms with Crippen molar-refractivity contribution >= 4 is 28.4 Å². The first kappa shape index (κ1) is 12.9. The highest BCUT2D eigenvalue weighted by molar-refractivity contribution is 6.31. The summed E-state index contributed by atoms with van der Waals surface area (Å²) < 4.78 is 5.85. The lowest BCUT2D eigenvalue weighted by Crippen LogP contribution is -2.01. The van der Waals surface area contributed by atoms with E-state index in [1.165, 1.54) is 6.33 Å². The van der Waals surface area contributed by atoms with Gasteiger partial charge in [0.1, 0.15) is 23.4 Å². The van der Waals surface area contributed by atoms with Crippen LogP contribution in [0.1, 0.15) is 18.9 Å². The minimum absolute atomic E-state index is 0.510. The molecule has 0 unspecified atom stereocenters. The third-order valence-electron chi connectivity index (χ3n) is 3.19. The molecule has 0 amide bonds. The van der Waals surface area contributed by atoms with Crippen LogP contribution in [-0.2, 0) is 6.42 Å². The second-order valence-corrected chi connectivity index (χ2v) is 5.07. The van der Waals surface area contributed by atoms with Gasteiger partial charge in [0.15, 0.2) is 5.76 Å². The Labute approximate surface area is 121 Å². The number of benzene rings is 1. The van der Waals surface area contributed by atoms with E-state index in [-0.39, 0.29) is 0 Å². The predicted molar refractivity (Wildman–Crippen MR) is 80.7 cm³/mol. The van der Waals surface area contributed by atoms with E-state index in [1.54, 1.807) is 6.07 Å². The molecule has 0 spiro atoms. The molecular formula is C15H14ClN3O. The molecule has 0 saturated carbocycles. The first-order valence-corrected chi connectivity index (χ1v) is 6.85. The third-order valence-corrected chi connectivity index (χ3v) is 3.43. The predicted octanol–water partition coefficient (Wildman–Crippen LogP) is 4.08.